The quantitative estimate of drug-likeness (QED) is 0.0761. The number of likely N-dealkylation sites (tertiary alicyclic amines) is 1. The van der Waals surface area contributed by atoms with Gasteiger partial charge in [-0.15, -0.1) is 0 Å². The van der Waals surface area contributed by atoms with Crippen molar-refractivity contribution in [2.24, 2.45) is 23.3 Å². The van der Waals surface area contributed by atoms with Crippen LogP contribution in [0.3, 0.4) is 0 Å². The number of nitrogens with zero attached hydrogens (tertiary/aromatic N) is 1. The van der Waals surface area contributed by atoms with Gasteiger partial charge in [0, 0.05) is 50.4 Å². The monoisotopic (exact) mass is 617 g/mol. The van der Waals surface area contributed by atoms with Gasteiger partial charge < -0.3 is 40.4 Å². The van der Waals surface area contributed by atoms with Gasteiger partial charge >= 0.3 is 12.1 Å². The van der Waals surface area contributed by atoms with Gasteiger partial charge in [-0.2, -0.15) is 0 Å². The summed E-state index contributed by atoms with van der Waals surface area (Å²) in [6.07, 6.45) is 5.08. The predicted octanol–water partition coefficient (Wildman–Crippen LogP) is 2.47. The second-order valence-electron chi connectivity index (χ2n) is 11.3. The zero-order valence-electron chi connectivity index (χ0n) is 26.7. The van der Waals surface area contributed by atoms with Crippen molar-refractivity contribution in [2.45, 2.75) is 71.4 Å². The van der Waals surface area contributed by atoms with Gasteiger partial charge in [0.25, 0.3) is 0 Å². The molecule has 12 heteroatoms. The van der Waals surface area contributed by atoms with Gasteiger partial charge in [0.1, 0.15) is 6.10 Å². The van der Waals surface area contributed by atoms with Crippen LogP contribution in [0.15, 0.2) is 58.5 Å². The van der Waals surface area contributed by atoms with Crippen molar-refractivity contribution < 1.29 is 43.2 Å². The molecule has 0 aromatic heterocycles. The zero-order chi connectivity index (χ0) is 33.1. The second-order valence-corrected chi connectivity index (χ2v) is 11.3. The third-order valence-corrected chi connectivity index (χ3v) is 7.87. The van der Waals surface area contributed by atoms with E-state index < -0.39 is 42.4 Å². The molecule has 0 bridgehead atoms. The van der Waals surface area contributed by atoms with Crippen LogP contribution in [-0.2, 0) is 33.3 Å². The molecule has 244 valence electrons. The maximum absolute atomic E-state index is 12.9. The van der Waals surface area contributed by atoms with Crippen LogP contribution in [0, 0.1) is 11.8 Å². The number of nitrogens with two attached hydrogens (primary N) is 2. The number of ether oxygens (including phenoxy) is 4. The lowest BCUT2D eigenvalue weighted by Crippen LogP contribution is -2.42. The number of aliphatic hydroxyl groups excluding tert-OH is 1. The number of primary amides is 1. The molecule has 1 amide bonds. The number of methoxy groups -OCH3 is 3. The summed E-state index contributed by atoms with van der Waals surface area (Å²) in [5.74, 6) is -1.66. The lowest BCUT2D eigenvalue weighted by Gasteiger charge is -2.37. The number of allylic oxidation sites excluding steroid dienone is 4. The predicted molar refractivity (Wildman–Crippen MR) is 164 cm³/mol. The molecule has 1 fully saturated rings. The van der Waals surface area contributed by atoms with Crippen LogP contribution < -0.4 is 11.5 Å². The number of ketones is 2. The molecule has 2 aliphatic rings. The van der Waals surface area contributed by atoms with E-state index >= 15 is 0 Å². The molecule has 0 spiro atoms. The highest BCUT2D eigenvalue weighted by Crippen LogP contribution is 2.31. The van der Waals surface area contributed by atoms with E-state index in [1.807, 2.05) is 11.8 Å². The SMILES string of the molecule is COC(=O)/C(C)=C\C=C\[C@H](OC)[C@@H](OC(N)=O)/C(C)=C/[C@H](C)[C@@H](O)[C@H](C[C@H](C)CC1=C(N2CCC2)C(=O)C=C(N)C1=O)OC. The highest BCUT2D eigenvalue weighted by atomic mass is 16.6. The molecule has 44 heavy (non-hydrogen) atoms. The molecule has 0 radical (unpaired) electrons. The van der Waals surface area contributed by atoms with Crippen LogP contribution in [0.1, 0.15) is 47.0 Å². The van der Waals surface area contributed by atoms with Crippen molar-refractivity contribution in [1.82, 2.24) is 4.90 Å². The standard InChI is InChI=1S/C32H47N3O9/c1-18(14-22-27(35-12-9-13-35)24(36)17-23(33)29(22)38)15-26(42-6)28(37)20(3)16-21(4)30(44-32(34)40)25(41-5)11-8-10-19(2)31(39)43-7/h8,10-11,16-18,20,25-26,28,30,37H,9,12-15,33H2,1-7H3,(H2,34,40)/b11-8+,19-10-,21-16+/t18-,20+,25+,26+,28-,30+/m1/s1. The number of carbonyl (C=O) groups excluding carboxylic acids is 4. The normalized spacial score (nSPS) is 20.5. The van der Waals surface area contributed by atoms with E-state index in [4.69, 9.17) is 25.7 Å². The minimum absolute atomic E-state index is 0.0643. The molecule has 2 rings (SSSR count). The minimum Gasteiger partial charge on any atom is -0.466 e. The lowest BCUT2D eigenvalue weighted by atomic mass is 9.84. The molecule has 0 saturated carbocycles. The first-order chi connectivity index (χ1) is 20.7. The van der Waals surface area contributed by atoms with E-state index in [-0.39, 0.29) is 23.2 Å². The van der Waals surface area contributed by atoms with Gasteiger partial charge in [-0.05, 0) is 44.6 Å². The summed E-state index contributed by atoms with van der Waals surface area (Å²) in [5.41, 5.74) is 12.9. The number of carbonyl (C=O) groups is 4. The van der Waals surface area contributed by atoms with Gasteiger partial charge in [-0.1, -0.05) is 38.2 Å². The fourth-order valence-corrected chi connectivity index (χ4v) is 5.32. The first-order valence-electron chi connectivity index (χ1n) is 14.6. The van der Waals surface area contributed by atoms with Gasteiger partial charge in [0.2, 0.25) is 11.6 Å². The fourth-order valence-electron chi connectivity index (χ4n) is 5.32. The molecule has 5 N–H and O–H groups in total. The summed E-state index contributed by atoms with van der Waals surface area (Å²) in [6.45, 7) is 8.48. The van der Waals surface area contributed by atoms with Crippen molar-refractivity contribution in [1.29, 1.82) is 0 Å². The molecule has 1 saturated heterocycles. The Labute approximate surface area is 259 Å². The van der Waals surface area contributed by atoms with E-state index in [0.717, 1.165) is 6.42 Å². The first kappa shape index (κ1) is 36.5. The Hall–Kier alpha value is -3.74. The Balaban J connectivity index is 2.20. The topological polar surface area (TPSA) is 181 Å². The van der Waals surface area contributed by atoms with Crippen LogP contribution in [0.2, 0.25) is 0 Å². The molecular weight excluding hydrogens is 570 g/mol. The van der Waals surface area contributed by atoms with Crippen molar-refractivity contribution in [3.8, 4) is 0 Å². The van der Waals surface area contributed by atoms with Gasteiger partial charge in [0.05, 0.1) is 30.7 Å². The van der Waals surface area contributed by atoms with Gasteiger partial charge in [-0.3, -0.25) is 9.59 Å². The number of Topliss-reactive ketones (excluding diaryl/α,β-unsaturated/α-hetero) is 1. The van der Waals surface area contributed by atoms with E-state index in [1.165, 1.54) is 27.4 Å². The summed E-state index contributed by atoms with van der Waals surface area (Å²) < 4.78 is 21.3. The van der Waals surface area contributed by atoms with E-state index in [2.05, 4.69) is 4.74 Å². The van der Waals surface area contributed by atoms with Crippen LogP contribution >= 0.6 is 0 Å². The van der Waals surface area contributed by atoms with Crippen molar-refractivity contribution in [3.63, 3.8) is 0 Å². The Morgan fingerprint density at radius 3 is 2.30 bits per heavy atom. The van der Waals surface area contributed by atoms with Crippen LogP contribution in [-0.4, -0.2) is 92.5 Å². The van der Waals surface area contributed by atoms with Crippen LogP contribution in [0.25, 0.3) is 0 Å². The Morgan fingerprint density at radius 2 is 1.77 bits per heavy atom. The molecule has 1 aliphatic carbocycles. The molecule has 1 heterocycles. The largest absolute Gasteiger partial charge is 0.466 e. The Kier molecular flexibility index (Phi) is 14.0. The third kappa shape index (κ3) is 9.63. The molecule has 0 unspecified atom stereocenters. The maximum Gasteiger partial charge on any atom is 0.405 e. The van der Waals surface area contributed by atoms with Crippen molar-refractivity contribution >= 4 is 23.6 Å². The van der Waals surface area contributed by atoms with Crippen molar-refractivity contribution in [3.05, 3.63) is 58.5 Å². The second kappa shape index (κ2) is 16.9. The smallest absolute Gasteiger partial charge is 0.405 e. The lowest BCUT2D eigenvalue weighted by molar-refractivity contribution is -0.136. The molecule has 12 nitrogen and oxygen atoms in total. The Bertz CT molecular complexity index is 1230. The van der Waals surface area contributed by atoms with E-state index in [0.29, 0.717) is 48.3 Å². The third-order valence-electron chi connectivity index (χ3n) is 7.87. The summed E-state index contributed by atoms with van der Waals surface area (Å²) >= 11 is 0. The van der Waals surface area contributed by atoms with E-state index in [9.17, 15) is 24.3 Å². The summed E-state index contributed by atoms with van der Waals surface area (Å²) in [4.78, 5) is 51.0. The average Bonchev–Trinajstić information content (AvgIpc) is 2.95. The first-order valence-corrected chi connectivity index (χ1v) is 14.6. The average molecular weight is 618 g/mol. The Morgan fingerprint density at radius 1 is 1.11 bits per heavy atom. The molecule has 1 aliphatic heterocycles. The fraction of sp³-hybridized carbons (Fsp3) is 0.562. The number of aliphatic hydroxyl groups is 1. The number of esters is 1. The molecular formula is C32H47N3O9. The van der Waals surface area contributed by atoms with Crippen LogP contribution in [0.4, 0.5) is 4.79 Å². The summed E-state index contributed by atoms with van der Waals surface area (Å²) in [7, 11) is 4.22. The molecule has 0 aromatic carbocycles. The summed E-state index contributed by atoms with van der Waals surface area (Å²) in [5, 5.41) is 11.3. The van der Waals surface area contributed by atoms with Crippen molar-refractivity contribution in [2.75, 3.05) is 34.4 Å². The number of hydrogen-bond acceptors (Lipinski definition) is 11. The highest BCUT2D eigenvalue weighted by molar-refractivity contribution is 6.22. The van der Waals surface area contributed by atoms with Gasteiger partial charge in [0.15, 0.2) is 6.10 Å². The van der Waals surface area contributed by atoms with Gasteiger partial charge in [-0.25, -0.2) is 9.59 Å². The number of rotatable bonds is 16. The number of hydrogen-bond donors (Lipinski definition) is 3. The number of amides is 1. The van der Waals surface area contributed by atoms with Crippen LogP contribution in [0.5, 0.6) is 0 Å². The highest BCUT2D eigenvalue weighted by Gasteiger charge is 2.35. The van der Waals surface area contributed by atoms with E-state index in [1.54, 1.807) is 45.1 Å². The molecule has 0 aromatic rings. The maximum atomic E-state index is 12.9. The molecule has 6 atom stereocenters. The zero-order valence-corrected chi connectivity index (χ0v) is 26.7. The summed E-state index contributed by atoms with van der Waals surface area (Å²) in [6, 6.07) is 0. The minimum atomic E-state index is -1.01.